The summed E-state index contributed by atoms with van der Waals surface area (Å²) in [6.45, 7) is 21.0. The maximum atomic E-state index is 14.7. The van der Waals surface area contributed by atoms with Crippen LogP contribution in [0.2, 0.25) is 0 Å². The predicted molar refractivity (Wildman–Crippen MR) is 335 cm³/mol. The number of esters is 1. The van der Waals surface area contributed by atoms with Crippen molar-refractivity contribution in [2.45, 2.75) is 193 Å². The fourth-order valence-electron chi connectivity index (χ4n) is 12.0. The van der Waals surface area contributed by atoms with Gasteiger partial charge in [-0.3, -0.25) is 14.4 Å². The number of carbonyl (C=O) groups is 5. The number of alkyl carbamates (subject to hydrolysis) is 1. The zero-order chi connectivity index (χ0) is 66.0. The number of piperidine rings is 1. The first-order chi connectivity index (χ1) is 43.1. The van der Waals surface area contributed by atoms with Gasteiger partial charge in [0.15, 0.2) is 5.78 Å². The van der Waals surface area contributed by atoms with E-state index in [1.54, 1.807) is 48.0 Å². The standard InChI is InChI=1S/C67H112N2O21/c1-11-81-27-28-83-31-32-85-35-36-87-38-37-86-34-33-84-30-29-82-26-24-68-66(77)89-56-23-21-52(42-59(56)80-10)41-48(5)58-44-55(70)47(4)40-50(7)61(72)62(73)60(71)49(6)39-45(2)17-13-12-14-18-46(3)57(79-9)43-53-22-20-51(8)67(78,90-53)63(74)64(75)69-25-16-15-19-54(69)65(76)88-58/h12-14,17-18,40,45,47-49,51-59,61-62,70,72-73,78H,11,15-16,19-39,41-44H2,1-10H3,(H,68,77)/b14-12+,17-13+,46-18+,50-40+/t45-,47-,48-,49-,51-,52+,53+,54+,55-,56-,57+,58+,59-,61-,62+,67-/m1/s1. The maximum Gasteiger partial charge on any atom is 0.407 e. The number of Topliss-reactive ketones (excluding diaryl/α,β-unsaturated/α-hetero) is 2. The number of carbonyl (C=O) groups excluding carboxylic acids is 5. The number of aliphatic hydroxyl groups is 4. The molecule has 16 atom stereocenters. The molecule has 0 unspecified atom stereocenters. The molecule has 2 saturated heterocycles. The van der Waals surface area contributed by atoms with Gasteiger partial charge in [0.2, 0.25) is 5.79 Å². The van der Waals surface area contributed by atoms with Crippen molar-refractivity contribution in [3.63, 3.8) is 0 Å². The number of aliphatic hydroxyl groups excluding tert-OH is 3. The van der Waals surface area contributed by atoms with E-state index in [2.05, 4.69) is 5.32 Å². The Kier molecular flexibility index (Phi) is 37.5. The highest BCUT2D eigenvalue weighted by atomic mass is 16.6. The van der Waals surface area contributed by atoms with Gasteiger partial charge in [0.05, 0.1) is 110 Å². The molecule has 0 aromatic heterocycles. The van der Waals surface area contributed by atoms with Crippen LogP contribution in [0.5, 0.6) is 0 Å². The Morgan fingerprint density at radius 1 is 0.700 bits per heavy atom. The van der Waals surface area contributed by atoms with Gasteiger partial charge in [-0.2, -0.15) is 0 Å². The van der Waals surface area contributed by atoms with E-state index in [4.69, 9.17) is 56.8 Å². The molecule has 90 heavy (non-hydrogen) atoms. The molecule has 516 valence electrons. The third-order valence-electron chi connectivity index (χ3n) is 17.6. The first kappa shape index (κ1) is 78.4. The predicted octanol–water partition coefficient (Wildman–Crippen LogP) is 6.19. The number of hydrogen-bond acceptors (Lipinski definition) is 21. The number of ketones is 2. The van der Waals surface area contributed by atoms with Crippen molar-refractivity contribution in [2.24, 2.45) is 35.5 Å². The second kappa shape index (κ2) is 43.0. The Hall–Kier alpha value is -4.05. The molecule has 0 aromatic carbocycles. The van der Waals surface area contributed by atoms with Gasteiger partial charge in [-0.05, 0) is 114 Å². The fraction of sp³-hybridized carbons (Fsp3) is 0.806. The van der Waals surface area contributed by atoms with Gasteiger partial charge < -0.3 is 87.5 Å². The number of cyclic esters (lactones) is 1. The van der Waals surface area contributed by atoms with Gasteiger partial charge in [0.1, 0.15) is 30.5 Å². The number of allylic oxidation sites excluding steroid dienone is 5. The van der Waals surface area contributed by atoms with E-state index >= 15 is 0 Å². The van der Waals surface area contributed by atoms with Gasteiger partial charge in [-0.15, -0.1) is 0 Å². The van der Waals surface area contributed by atoms with E-state index in [9.17, 15) is 44.4 Å². The van der Waals surface area contributed by atoms with Crippen molar-refractivity contribution >= 4 is 29.5 Å². The zero-order valence-corrected chi connectivity index (χ0v) is 55.6. The van der Waals surface area contributed by atoms with Crippen LogP contribution in [0, 0.1) is 35.5 Å². The average Bonchev–Trinajstić information content (AvgIpc) is 0.874. The molecule has 4 rings (SSSR count). The third-order valence-corrected chi connectivity index (χ3v) is 17.6. The lowest BCUT2D eigenvalue weighted by molar-refractivity contribution is -0.265. The molecule has 1 saturated carbocycles. The molecular weight excluding hydrogens is 1170 g/mol. The maximum absolute atomic E-state index is 14.7. The molecule has 3 aliphatic heterocycles. The molecule has 2 amide bonds. The number of nitrogens with one attached hydrogen (secondary N) is 1. The molecule has 23 heteroatoms. The summed E-state index contributed by atoms with van der Waals surface area (Å²) in [6.07, 6.45) is 7.85. The average molecular weight is 1280 g/mol. The second-order valence-electron chi connectivity index (χ2n) is 24.8. The lowest BCUT2D eigenvalue weighted by Gasteiger charge is -2.43. The summed E-state index contributed by atoms with van der Waals surface area (Å²) in [7, 11) is 3.12. The summed E-state index contributed by atoms with van der Waals surface area (Å²) in [4.78, 5) is 71.2. The highest BCUT2D eigenvalue weighted by Gasteiger charge is 2.53. The Morgan fingerprint density at radius 3 is 1.91 bits per heavy atom. The lowest BCUT2D eigenvalue weighted by Crippen LogP contribution is -2.61. The summed E-state index contributed by atoms with van der Waals surface area (Å²) in [6, 6.07) is -1.18. The van der Waals surface area contributed by atoms with E-state index in [1.807, 2.05) is 58.1 Å². The van der Waals surface area contributed by atoms with Gasteiger partial charge >= 0.3 is 12.1 Å². The van der Waals surface area contributed by atoms with E-state index in [-0.39, 0.29) is 62.3 Å². The van der Waals surface area contributed by atoms with Crippen LogP contribution in [0.3, 0.4) is 0 Å². The summed E-state index contributed by atoms with van der Waals surface area (Å²) >= 11 is 0. The molecular formula is C67H112N2O21. The van der Waals surface area contributed by atoms with Crippen LogP contribution in [0.4, 0.5) is 4.79 Å². The number of hydrogen-bond donors (Lipinski definition) is 5. The van der Waals surface area contributed by atoms with E-state index in [0.717, 1.165) is 5.57 Å². The van der Waals surface area contributed by atoms with E-state index in [1.165, 1.54) is 4.90 Å². The summed E-state index contributed by atoms with van der Waals surface area (Å²) in [5.41, 5.74) is 1.13. The van der Waals surface area contributed by atoms with Crippen LogP contribution >= 0.6 is 0 Å². The number of ether oxygens (including phenoxy) is 12. The number of nitrogens with zero attached hydrogens (tertiary/aromatic N) is 1. The minimum Gasteiger partial charge on any atom is -0.460 e. The van der Waals surface area contributed by atoms with E-state index in [0.29, 0.717) is 144 Å². The molecule has 4 aliphatic rings. The minimum atomic E-state index is -2.47. The topological polar surface area (TPSA) is 292 Å². The third kappa shape index (κ3) is 27.1. The summed E-state index contributed by atoms with van der Waals surface area (Å²) in [5.74, 6) is -8.37. The SMILES string of the molecule is CCOCCOCCOCCOCCOCCOCCOCCNC(=O)O[C@@H]1CC[C@@H](C[C@@H](C)[C@@H]2C[C@@H](O)[C@H](C)/C=C(\C)[C@@H](O)[C@@H](O)C(=O)[C@H](C)C[C@H](C)/C=C/C=C/C=C(\C)[C@@H](OC)C[C@@H]3CC[C@@H](C)[C@@](O)(O3)C(=O)C(=O)N3CCCC[C@H]3C(=O)O2)C[C@H]1OC. The van der Waals surface area contributed by atoms with Gasteiger partial charge in [-0.1, -0.05) is 71.1 Å². The van der Waals surface area contributed by atoms with Crippen LogP contribution in [-0.2, 0) is 76.0 Å². The number of methoxy groups -OCH3 is 2. The zero-order valence-electron chi connectivity index (χ0n) is 55.6. The quantitative estimate of drug-likeness (QED) is 0.0253. The highest BCUT2D eigenvalue weighted by Crippen LogP contribution is 2.38. The van der Waals surface area contributed by atoms with Crippen LogP contribution in [0.15, 0.2) is 47.6 Å². The molecule has 3 heterocycles. The fourth-order valence-corrected chi connectivity index (χ4v) is 12.0. The Morgan fingerprint density at radius 2 is 1.31 bits per heavy atom. The Bertz CT molecular complexity index is 2230. The lowest BCUT2D eigenvalue weighted by atomic mass is 9.78. The molecule has 23 nitrogen and oxygen atoms in total. The molecule has 0 aromatic rings. The van der Waals surface area contributed by atoms with Crippen molar-refractivity contribution in [3.05, 3.63) is 47.6 Å². The largest absolute Gasteiger partial charge is 0.460 e. The van der Waals surface area contributed by atoms with Gasteiger partial charge in [0, 0.05) is 64.5 Å². The van der Waals surface area contributed by atoms with Crippen LogP contribution in [-0.4, -0.2) is 235 Å². The number of rotatable bonds is 28. The first-order valence-electron chi connectivity index (χ1n) is 32.9. The Balaban J connectivity index is 1.37. The first-order valence-corrected chi connectivity index (χ1v) is 32.9. The van der Waals surface area contributed by atoms with Crippen molar-refractivity contribution in [1.29, 1.82) is 0 Å². The highest BCUT2D eigenvalue weighted by molar-refractivity contribution is 6.39. The van der Waals surface area contributed by atoms with Gasteiger partial charge in [0.25, 0.3) is 11.7 Å². The van der Waals surface area contributed by atoms with Crippen molar-refractivity contribution < 1.29 is 101 Å². The second-order valence-corrected chi connectivity index (χ2v) is 24.8. The van der Waals surface area contributed by atoms with E-state index < -0.39 is 108 Å². The van der Waals surface area contributed by atoms with Crippen LogP contribution in [0.25, 0.3) is 0 Å². The monoisotopic (exact) mass is 1280 g/mol. The Labute approximate surface area is 535 Å². The van der Waals surface area contributed by atoms with Crippen LogP contribution < -0.4 is 5.32 Å². The summed E-state index contributed by atoms with van der Waals surface area (Å²) in [5, 5.41) is 49.2. The number of amides is 2. The van der Waals surface area contributed by atoms with Crippen molar-refractivity contribution in [2.75, 3.05) is 120 Å². The molecule has 0 spiro atoms. The molecule has 3 fully saturated rings. The van der Waals surface area contributed by atoms with Gasteiger partial charge in [-0.25, -0.2) is 9.59 Å². The van der Waals surface area contributed by atoms with Crippen molar-refractivity contribution in [3.8, 4) is 0 Å². The molecule has 1 aliphatic carbocycles. The normalized spacial score (nSPS) is 33.2. The van der Waals surface area contributed by atoms with Crippen molar-refractivity contribution in [1.82, 2.24) is 10.2 Å². The minimum absolute atomic E-state index is 0.0107. The molecule has 0 radical (unpaired) electrons. The van der Waals surface area contributed by atoms with Crippen LogP contribution in [0.1, 0.15) is 132 Å². The number of fused-ring (bicyclic) bond motifs is 3. The molecule has 2 bridgehead atoms. The smallest absolute Gasteiger partial charge is 0.407 e. The summed E-state index contributed by atoms with van der Waals surface area (Å²) < 4.78 is 68.5. The molecule has 5 N–H and O–H groups in total.